The maximum Gasteiger partial charge on any atom is 0.249 e. The number of nitrogens with two attached hydrogens (primary N) is 1. The third kappa shape index (κ3) is 4.57. The largest absolute Gasteiger partial charge is 0.376 e. The van der Waals surface area contributed by atoms with Gasteiger partial charge in [-0.1, -0.05) is 36.4 Å². The number of amides is 1. The third-order valence-electron chi connectivity index (χ3n) is 4.65. The number of carbonyl (C=O) groups excluding carboxylic acids is 1. The van der Waals surface area contributed by atoms with Crippen molar-refractivity contribution in [3.8, 4) is 0 Å². The predicted molar refractivity (Wildman–Crippen MR) is 98.3 cm³/mol. The van der Waals surface area contributed by atoms with Crippen LogP contribution in [0.3, 0.4) is 0 Å². The van der Waals surface area contributed by atoms with Crippen molar-refractivity contribution in [2.45, 2.75) is 38.0 Å². The molecule has 5 heteroatoms. The number of fused-ring (bicyclic) bond motifs is 1. The van der Waals surface area contributed by atoms with E-state index in [9.17, 15) is 4.79 Å². The van der Waals surface area contributed by atoms with Gasteiger partial charge in [-0.2, -0.15) is 0 Å². The molecule has 1 saturated heterocycles. The van der Waals surface area contributed by atoms with Gasteiger partial charge in [0.1, 0.15) is 6.10 Å². The highest BCUT2D eigenvalue weighted by atomic mass is 16.5. The van der Waals surface area contributed by atoms with E-state index in [0.29, 0.717) is 13.2 Å². The van der Waals surface area contributed by atoms with Crippen LogP contribution in [-0.4, -0.2) is 37.9 Å². The second-order valence-corrected chi connectivity index (χ2v) is 6.51. The smallest absolute Gasteiger partial charge is 0.249 e. The maximum absolute atomic E-state index is 12.4. The van der Waals surface area contributed by atoms with Gasteiger partial charge < -0.3 is 20.5 Å². The van der Waals surface area contributed by atoms with Crippen LogP contribution >= 0.6 is 0 Å². The first-order valence-electron chi connectivity index (χ1n) is 8.89. The molecule has 5 nitrogen and oxygen atoms in total. The summed E-state index contributed by atoms with van der Waals surface area (Å²) >= 11 is 0. The summed E-state index contributed by atoms with van der Waals surface area (Å²) < 4.78 is 11.2. The quantitative estimate of drug-likeness (QED) is 0.811. The molecular weight excluding hydrogens is 316 g/mol. The number of nitrogens with one attached hydrogen (secondary N) is 1. The van der Waals surface area contributed by atoms with Crippen molar-refractivity contribution in [3.05, 3.63) is 48.0 Å². The molecule has 1 aliphatic rings. The first kappa shape index (κ1) is 17.9. The summed E-state index contributed by atoms with van der Waals surface area (Å²) in [6.45, 7) is 3.34. The lowest BCUT2D eigenvalue weighted by molar-refractivity contribution is -0.134. The third-order valence-corrected chi connectivity index (χ3v) is 4.65. The minimum atomic E-state index is -0.529. The summed E-state index contributed by atoms with van der Waals surface area (Å²) in [5.41, 5.74) is 6.90. The fraction of sp³-hybridized carbons (Fsp3) is 0.450. The first-order valence-corrected chi connectivity index (χ1v) is 8.89. The van der Waals surface area contributed by atoms with E-state index < -0.39 is 6.10 Å². The molecule has 2 aromatic carbocycles. The fourth-order valence-electron chi connectivity index (χ4n) is 3.10. The standard InChI is InChI=1S/C20H26N2O3/c1-14(25-13-18-7-4-10-24-18)20(23)22-19(12-21)17-9-8-15-5-2-3-6-16(15)11-17/h2-3,5-6,8-9,11,14,18-19H,4,7,10,12-13,21H2,1H3,(H,22,23). The van der Waals surface area contributed by atoms with Gasteiger partial charge in [0, 0.05) is 13.2 Å². The molecule has 3 rings (SSSR count). The molecule has 25 heavy (non-hydrogen) atoms. The Morgan fingerprint density at radius 3 is 2.84 bits per heavy atom. The van der Waals surface area contributed by atoms with Gasteiger partial charge in [0.05, 0.1) is 18.8 Å². The molecule has 3 atom stereocenters. The van der Waals surface area contributed by atoms with Crippen LogP contribution in [0, 0.1) is 0 Å². The molecule has 2 aromatic rings. The van der Waals surface area contributed by atoms with Crippen molar-refractivity contribution in [3.63, 3.8) is 0 Å². The van der Waals surface area contributed by atoms with Crippen LogP contribution in [0.5, 0.6) is 0 Å². The van der Waals surface area contributed by atoms with E-state index in [4.69, 9.17) is 15.2 Å². The van der Waals surface area contributed by atoms with Crippen LogP contribution in [0.1, 0.15) is 31.4 Å². The Morgan fingerprint density at radius 1 is 1.32 bits per heavy atom. The molecule has 0 bridgehead atoms. The summed E-state index contributed by atoms with van der Waals surface area (Å²) in [5.74, 6) is -0.151. The van der Waals surface area contributed by atoms with Crippen LogP contribution in [-0.2, 0) is 14.3 Å². The average Bonchev–Trinajstić information content (AvgIpc) is 3.17. The number of benzene rings is 2. The second kappa shape index (κ2) is 8.43. The Morgan fingerprint density at radius 2 is 2.12 bits per heavy atom. The van der Waals surface area contributed by atoms with Crippen LogP contribution in [0.2, 0.25) is 0 Å². The zero-order valence-electron chi connectivity index (χ0n) is 14.6. The minimum Gasteiger partial charge on any atom is -0.376 e. The minimum absolute atomic E-state index is 0.112. The topological polar surface area (TPSA) is 73.6 Å². The Hall–Kier alpha value is -1.95. The van der Waals surface area contributed by atoms with E-state index in [1.54, 1.807) is 6.92 Å². The lowest BCUT2D eigenvalue weighted by atomic mass is 10.0. The Labute approximate surface area is 148 Å². The van der Waals surface area contributed by atoms with E-state index in [1.165, 1.54) is 5.39 Å². The summed E-state index contributed by atoms with van der Waals surface area (Å²) in [6.07, 6.45) is 1.64. The molecule has 0 spiro atoms. The van der Waals surface area contributed by atoms with Gasteiger partial charge in [0.2, 0.25) is 5.91 Å². The summed E-state index contributed by atoms with van der Waals surface area (Å²) in [6, 6.07) is 14.0. The highest BCUT2D eigenvalue weighted by molar-refractivity contribution is 5.84. The van der Waals surface area contributed by atoms with Gasteiger partial charge in [-0.15, -0.1) is 0 Å². The Balaban J connectivity index is 1.60. The second-order valence-electron chi connectivity index (χ2n) is 6.51. The monoisotopic (exact) mass is 342 g/mol. The van der Waals surface area contributed by atoms with Crippen LogP contribution in [0.4, 0.5) is 0 Å². The van der Waals surface area contributed by atoms with Crippen LogP contribution in [0.15, 0.2) is 42.5 Å². The van der Waals surface area contributed by atoms with Crippen molar-refractivity contribution in [1.82, 2.24) is 5.32 Å². The zero-order chi connectivity index (χ0) is 17.6. The van der Waals surface area contributed by atoms with Crippen LogP contribution < -0.4 is 11.1 Å². The Kier molecular flexibility index (Phi) is 6.02. The number of carbonyl (C=O) groups is 1. The van der Waals surface area contributed by atoms with Crippen LogP contribution in [0.25, 0.3) is 10.8 Å². The summed E-state index contributed by atoms with van der Waals surface area (Å²) in [5, 5.41) is 5.30. The molecule has 3 unspecified atom stereocenters. The van der Waals surface area contributed by atoms with Gasteiger partial charge >= 0.3 is 0 Å². The van der Waals surface area contributed by atoms with Crippen molar-refractivity contribution < 1.29 is 14.3 Å². The van der Waals surface area contributed by atoms with Crippen molar-refractivity contribution >= 4 is 16.7 Å². The highest BCUT2D eigenvalue weighted by Crippen LogP contribution is 2.20. The van der Waals surface area contributed by atoms with Crippen molar-refractivity contribution in [2.75, 3.05) is 19.8 Å². The van der Waals surface area contributed by atoms with Crippen molar-refractivity contribution in [1.29, 1.82) is 0 Å². The maximum atomic E-state index is 12.4. The molecule has 0 aliphatic carbocycles. The Bertz CT molecular complexity index is 713. The van der Waals surface area contributed by atoms with Gasteiger partial charge in [-0.3, -0.25) is 4.79 Å². The number of hydrogen-bond acceptors (Lipinski definition) is 4. The average molecular weight is 342 g/mol. The van der Waals surface area contributed by atoms with E-state index in [-0.39, 0.29) is 18.1 Å². The molecule has 3 N–H and O–H groups in total. The lowest BCUT2D eigenvalue weighted by Crippen LogP contribution is -2.40. The van der Waals surface area contributed by atoms with Gasteiger partial charge in [-0.05, 0) is 42.2 Å². The molecule has 1 heterocycles. The molecule has 0 saturated carbocycles. The van der Waals surface area contributed by atoms with E-state index in [0.717, 1.165) is 30.4 Å². The molecule has 0 aromatic heterocycles. The van der Waals surface area contributed by atoms with E-state index >= 15 is 0 Å². The van der Waals surface area contributed by atoms with Crippen molar-refractivity contribution in [2.24, 2.45) is 5.73 Å². The lowest BCUT2D eigenvalue weighted by Gasteiger charge is -2.21. The highest BCUT2D eigenvalue weighted by Gasteiger charge is 2.22. The predicted octanol–water partition coefficient (Wildman–Crippen LogP) is 2.54. The van der Waals surface area contributed by atoms with Gasteiger partial charge in [0.25, 0.3) is 0 Å². The number of hydrogen-bond donors (Lipinski definition) is 2. The van der Waals surface area contributed by atoms with E-state index in [2.05, 4.69) is 29.6 Å². The SMILES string of the molecule is CC(OCC1CCCO1)C(=O)NC(CN)c1ccc2ccccc2c1. The first-order chi connectivity index (χ1) is 12.2. The normalized spacial score (nSPS) is 19.7. The molecule has 1 aliphatic heterocycles. The number of ether oxygens (including phenoxy) is 2. The number of rotatable bonds is 7. The fourth-order valence-corrected chi connectivity index (χ4v) is 3.10. The van der Waals surface area contributed by atoms with Gasteiger partial charge in [0.15, 0.2) is 0 Å². The summed E-state index contributed by atoms with van der Waals surface area (Å²) in [7, 11) is 0. The molecule has 0 radical (unpaired) electrons. The molecular formula is C20H26N2O3. The van der Waals surface area contributed by atoms with E-state index in [1.807, 2.05) is 18.2 Å². The summed E-state index contributed by atoms with van der Waals surface area (Å²) in [4.78, 5) is 12.4. The molecule has 134 valence electrons. The molecule has 1 fully saturated rings. The zero-order valence-corrected chi connectivity index (χ0v) is 14.6. The molecule has 1 amide bonds. The van der Waals surface area contributed by atoms with Gasteiger partial charge in [-0.25, -0.2) is 0 Å².